The molecule has 3 amide bonds. The van der Waals surface area contributed by atoms with E-state index in [9.17, 15) is 9.59 Å². The summed E-state index contributed by atoms with van der Waals surface area (Å²) >= 11 is 1.55. The highest BCUT2D eigenvalue weighted by Crippen LogP contribution is 2.48. The molecule has 0 spiro atoms. The molecular formula is C32H33N5O3S. The maximum atomic E-state index is 13.5. The first kappa shape index (κ1) is 26.1. The number of amides is 3. The number of benzene rings is 3. The second-order valence-electron chi connectivity index (χ2n) is 11.0. The summed E-state index contributed by atoms with van der Waals surface area (Å²) in [5.41, 5.74) is 2.86. The molecular weight excluding hydrogens is 534 g/mol. The summed E-state index contributed by atoms with van der Waals surface area (Å²) in [5.74, 6) is 1.42. The van der Waals surface area contributed by atoms with E-state index in [0.29, 0.717) is 10.7 Å². The first-order valence-corrected chi connectivity index (χ1v) is 15.1. The third kappa shape index (κ3) is 5.32. The van der Waals surface area contributed by atoms with Gasteiger partial charge in [0.05, 0.1) is 16.3 Å². The fourth-order valence-corrected chi connectivity index (χ4v) is 7.81. The molecule has 7 rings (SSSR count). The molecule has 9 heteroatoms. The quantitative estimate of drug-likeness (QED) is 0.385. The van der Waals surface area contributed by atoms with E-state index in [1.165, 1.54) is 5.56 Å². The van der Waals surface area contributed by atoms with Crippen LogP contribution in [-0.2, 0) is 11.3 Å². The van der Waals surface area contributed by atoms with E-state index in [4.69, 9.17) is 4.74 Å². The van der Waals surface area contributed by atoms with Gasteiger partial charge in [-0.15, -0.1) is 0 Å². The number of ether oxygens (including phenoxy) is 1. The van der Waals surface area contributed by atoms with Crippen LogP contribution < -0.4 is 25.6 Å². The molecule has 4 aliphatic rings. The fourth-order valence-electron chi connectivity index (χ4n) is 6.41. The molecule has 3 unspecified atom stereocenters. The Morgan fingerprint density at radius 3 is 2.46 bits per heavy atom. The summed E-state index contributed by atoms with van der Waals surface area (Å²) < 4.78 is 5.94. The molecule has 4 atom stereocenters. The Kier molecular flexibility index (Phi) is 7.16. The van der Waals surface area contributed by atoms with Gasteiger partial charge in [0.25, 0.3) is 5.91 Å². The highest BCUT2D eigenvalue weighted by molar-refractivity contribution is 8.04. The molecule has 0 saturated carbocycles. The number of anilines is 1. The lowest BCUT2D eigenvalue weighted by atomic mass is 9.86. The zero-order valence-corrected chi connectivity index (χ0v) is 23.5. The van der Waals surface area contributed by atoms with Crippen molar-refractivity contribution in [3.63, 3.8) is 0 Å². The third-order valence-corrected chi connectivity index (χ3v) is 9.65. The molecule has 0 aliphatic carbocycles. The average Bonchev–Trinajstić information content (AvgIpc) is 3.59. The Balaban J connectivity index is 1.04. The molecule has 3 saturated heterocycles. The molecule has 41 heavy (non-hydrogen) atoms. The summed E-state index contributed by atoms with van der Waals surface area (Å²) in [7, 11) is 0. The topological polar surface area (TPSA) is 85.9 Å². The normalized spacial score (nSPS) is 25.6. The fraction of sp³-hybridized carbons (Fsp3) is 0.312. The van der Waals surface area contributed by atoms with Crippen molar-refractivity contribution in [2.24, 2.45) is 5.92 Å². The summed E-state index contributed by atoms with van der Waals surface area (Å²) in [4.78, 5) is 31.9. The van der Waals surface area contributed by atoms with Crippen molar-refractivity contribution in [2.45, 2.75) is 36.8 Å². The van der Waals surface area contributed by atoms with E-state index in [2.05, 4.69) is 45.1 Å². The average molecular weight is 568 g/mol. The number of hydrogen-bond donors (Lipinski definition) is 3. The number of likely N-dealkylation sites (tertiary alicyclic amines) is 1. The largest absolute Gasteiger partial charge is 0.457 e. The summed E-state index contributed by atoms with van der Waals surface area (Å²) in [5, 5.41) is 10.0. The molecule has 3 fully saturated rings. The number of carbonyl (C=O) groups excluding carboxylic acids is 2. The lowest BCUT2D eigenvalue weighted by Crippen LogP contribution is -2.62. The van der Waals surface area contributed by atoms with E-state index < -0.39 is 0 Å². The van der Waals surface area contributed by atoms with Gasteiger partial charge in [0.2, 0.25) is 0 Å². The van der Waals surface area contributed by atoms with Gasteiger partial charge in [-0.25, -0.2) is 4.79 Å². The van der Waals surface area contributed by atoms with Gasteiger partial charge in [-0.1, -0.05) is 60.3 Å². The number of para-hydroxylation sites is 1. The highest BCUT2D eigenvalue weighted by atomic mass is 32.2. The van der Waals surface area contributed by atoms with Gasteiger partial charge in [-0.2, -0.15) is 0 Å². The predicted octanol–water partition coefficient (Wildman–Crippen LogP) is 4.66. The Hall–Kier alpha value is -3.79. The van der Waals surface area contributed by atoms with Crippen LogP contribution in [0, 0.1) is 5.92 Å². The van der Waals surface area contributed by atoms with Crippen LogP contribution in [0.15, 0.2) is 95.5 Å². The first-order chi connectivity index (χ1) is 20.1. The number of carbonyl (C=O) groups is 2. The van der Waals surface area contributed by atoms with Gasteiger partial charge in [0.1, 0.15) is 11.5 Å². The predicted molar refractivity (Wildman–Crippen MR) is 161 cm³/mol. The van der Waals surface area contributed by atoms with Crippen LogP contribution in [-0.4, -0.2) is 53.9 Å². The lowest BCUT2D eigenvalue weighted by molar-refractivity contribution is -0.117. The number of nitrogens with zero attached hydrogens (tertiary/aromatic N) is 2. The van der Waals surface area contributed by atoms with Crippen molar-refractivity contribution in [1.29, 1.82) is 0 Å². The van der Waals surface area contributed by atoms with Gasteiger partial charge in [0.15, 0.2) is 0 Å². The first-order valence-electron chi connectivity index (χ1n) is 14.3. The number of thioether (sulfide) groups is 1. The molecule has 0 aromatic heterocycles. The van der Waals surface area contributed by atoms with Gasteiger partial charge in [0, 0.05) is 43.0 Å². The minimum Gasteiger partial charge on any atom is -0.457 e. The van der Waals surface area contributed by atoms with E-state index in [1.807, 2.05) is 65.6 Å². The monoisotopic (exact) mass is 567 g/mol. The maximum absolute atomic E-state index is 13.5. The second kappa shape index (κ2) is 11.2. The van der Waals surface area contributed by atoms with Crippen LogP contribution in [0.3, 0.4) is 0 Å². The number of hydrogen-bond acceptors (Lipinski definition) is 6. The smallest absolute Gasteiger partial charge is 0.326 e. The molecule has 3 aromatic carbocycles. The molecule has 3 aromatic rings. The molecule has 210 valence electrons. The highest BCUT2D eigenvalue weighted by Gasteiger charge is 2.51. The zero-order valence-electron chi connectivity index (χ0n) is 22.7. The lowest BCUT2D eigenvalue weighted by Gasteiger charge is -2.45. The molecule has 4 heterocycles. The molecule has 4 aliphatic heterocycles. The summed E-state index contributed by atoms with van der Waals surface area (Å²) in [6.45, 7) is 3.45. The number of urea groups is 1. The van der Waals surface area contributed by atoms with E-state index in [1.54, 1.807) is 11.8 Å². The maximum Gasteiger partial charge on any atom is 0.326 e. The minimum absolute atomic E-state index is 0.0191. The molecule has 3 N–H and O–H groups in total. The molecule has 0 bridgehead atoms. The van der Waals surface area contributed by atoms with Crippen molar-refractivity contribution in [3.8, 4) is 11.5 Å². The summed E-state index contributed by atoms with van der Waals surface area (Å²) in [6, 6.07) is 27.6. The van der Waals surface area contributed by atoms with Crippen molar-refractivity contribution in [1.82, 2.24) is 20.9 Å². The van der Waals surface area contributed by atoms with Crippen LogP contribution >= 0.6 is 11.8 Å². The Bertz CT molecular complexity index is 1450. The zero-order chi connectivity index (χ0) is 27.8. The van der Waals surface area contributed by atoms with Crippen LogP contribution in [0.2, 0.25) is 0 Å². The Labute approximate surface area is 244 Å². The number of nitrogens with one attached hydrogen (secondary N) is 3. The third-order valence-electron chi connectivity index (χ3n) is 8.30. The van der Waals surface area contributed by atoms with Crippen molar-refractivity contribution >= 4 is 29.4 Å². The van der Waals surface area contributed by atoms with Crippen molar-refractivity contribution in [2.75, 3.05) is 24.5 Å². The standard InChI is InChI=1S/C32H33N5O3S/c38-30(34-22-16-18-36(20-22)19-21-7-3-1-4-8-21)29-28-27-26(15-17-33-31(27)41-29)37(32(39)35-28)23-11-13-25(14-12-23)40-24-9-5-2-6-10-24/h1-14,22,26-27,31,33H,15-20H2,(H,34,38)(H,35,39)/t22-,26?,27?,31?/m1/s1. The Morgan fingerprint density at radius 1 is 0.951 bits per heavy atom. The van der Waals surface area contributed by atoms with Crippen LogP contribution in [0.4, 0.5) is 10.5 Å². The van der Waals surface area contributed by atoms with E-state index in [-0.39, 0.29) is 35.3 Å². The van der Waals surface area contributed by atoms with Crippen molar-refractivity contribution < 1.29 is 14.3 Å². The van der Waals surface area contributed by atoms with Gasteiger partial charge >= 0.3 is 6.03 Å². The van der Waals surface area contributed by atoms with Crippen LogP contribution in [0.1, 0.15) is 18.4 Å². The molecule has 8 nitrogen and oxygen atoms in total. The van der Waals surface area contributed by atoms with Gasteiger partial charge in [-0.3, -0.25) is 14.6 Å². The second-order valence-corrected chi connectivity index (χ2v) is 12.2. The van der Waals surface area contributed by atoms with E-state index >= 15 is 0 Å². The van der Waals surface area contributed by atoms with E-state index in [0.717, 1.165) is 56.2 Å². The minimum atomic E-state index is -0.193. The number of rotatable bonds is 7. The van der Waals surface area contributed by atoms with Crippen molar-refractivity contribution in [3.05, 3.63) is 101 Å². The van der Waals surface area contributed by atoms with Gasteiger partial charge < -0.3 is 20.7 Å². The SMILES string of the molecule is O=C(N[C@@H]1CCN(Cc2ccccc2)C1)C1=C2NC(=O)N(c3ccc(Oc4ccccc4)cc3)C3CCNC(S1)C23. The molecule has 0 radical (unpaired) electrons. The van der Waals surface area contributed by atoms with Crippen LogP contribution in [0.25, 0.3) is 0 Å². The van der Waals surface area contributed by atoms with Crippen LogP contribution in [0.5, 0.6) is 11.5 Å². The number of piperidine rings is 1. The summed E-state index contributed by atoms with van der Waals surface area (Å²) in [6.07, 6.45) is 1.73. The Morgan fingerprint density at radius 2 is 1.68 bits per heavy atom. The van der Waals surface area contributed by atoms with Gasteiger partial charge in [-0.05, 0) is 61.3 Å².